The van der Waals surface area contributed by atoms with Gasteiger partial charge in [-0.2, -0.15) is 0 Å². The Hall–Kier alpha value is -2.67. The zero-order chi connectivity index (χ0) is 17.5. The van der Waals surface area contributed by atoms with E-state index in [1.165, 1.54) is 23.3 Å². The van der Waals surface area contributed by atoms with E-state index in [1.54, 1.807) is 12.1 Å². The highest BCUT2D eigenvalue weighted by molar-refractivity contribution is 7.80. The Balaban J connectivity index is 1.74. The van der Waals surface area contributed by atoms with Crippen LogP contribution in [0.1, 0.15) is 11.1 Å². The lowest BCUT2D eigenvalue weighted by atomic mass is 10.1. The van der Waals surface area contributed by atoms with Gasteiger partial charge in [0.25, 0.3) is 5.69 Å². The monoisotopic (exact) mass is 344 g/mol. The fourth-order valence-electron chi connectivity index (χ4n) is 2.14. The molecular formula is C17H20N4O2S. The van der Waals surface area contributed by atoms with Crippen LogP contribution in [0.5, 0.6) is 0 Å². The lowest BCUT2D eigenvalue weighted by Gasteiger charge is -2.14. The molecule has 0 unspecified atom stereocenters. The number of nitro groups is 1. The maximum Gasteiger partial charge on any atom is 0.269 e. The summed E-state index contributed by atoms with van der Waals surface area (Å²) in [6, 6.07) is 12.4. The van der Waals surface area contributed by atoms with E-state index in [2.05, 4.69) is 35.9 Å². The topological polar surface area (TPSA) is 79.2 Å². The van der Waals surface area contributed by atoms with E-state index in [9.17, 15) is 10.1 Å². The second kappa shape index (κ2) is 8.26. The molecule has 0 heterocycles. The third-order valence-electron chi connectivity index (χ3n) is 3.67. The second-order valence-electron chi connectivity index (χ2n) is 5.36. The van der Waals surface area contributed by atoms with Crippen molar-refractivity contribution in [1.29, 1.82) is 0 Å². The number of nitro benzene ring substituents is 1. The van der Waals surface area contributed by atoms with Crippen molar-refractivity contribution in [3.63, 3.8) is 0 Å². The van der Waals surface area contributed by atoms with Gasteiger partial charge in [0.05, 0.1) is 4.92 Å². The van der Waals surface area contributed by atoms with E-state index >= 15 is 0 Å². The summed E-state index contributed by atoms with van der Waals surface area (Å²) in [5.41, 5.74) is 4.29. The summed E-state index contributed by atoms with van der Waals surface area (Å²) in [4.78, 5) is 10.2. The predicted molar refractivity (Wildman–Crippen MR) is 102 cm³/mol. The highest BCUT2D eigenvalue weighted by Gasteiger charge is 2.04. The van der Waals surface area contributed by atoms with Crippen molar-refractivity contribution in [1.82, 2.24) is 5.32 Å². The van der Waals surface area contributed by atoms with Crippen LogP contribution in [0.25, 0.3) is 0 Å². The average molecular weight is 344 g/mol. The van der Waals surface area contributed by atoms with Crippen molar-refractivity contribution in [3.8, 4) is 0 Å². The molecule has 0 aliphatic rings. The molecule has 0 radical (unpaired) electrons. The van der Waals surface area contributed by atoms with Crippen LogP contribution in [0.3, 0.4) is 0 Å². The highest BCUT2D eigenvalue weighted by Crippen LogP contribution is 2.17. The maximum atomic E-state index is 10.6. The number of benzene rings is 2. The first-order chi connectivity index (χ1) is 11.5. The first-order valence-corrected chi connectivity index (χ1v) is 7.97. The van der Waals surface area contributed by atoms with Crippen LogP contribution < -0.4 is 16.0 Å². The molecule has 2 aromatic carbocycles. The number of nitrogens with one attached hydrogen (secondary N) is 3. The van der Waals surface area contributed by atoms with Crippen LogP contribution in [0.4, 0.5) is 17.1 Å². The number of thiocarbonyl (C=S) groups is 1. The second-order valence-corrected chi connectivity index (χ2v) is 5.77. The molecule has 0 saturated carbocycles. The van der Waals surface area contributed by atoms with Crippen LogP contribution in [0.15, 0.2) is 42.5 Å². The number of non-ortho nitro benzene ring substituents is 1. The van der Waals surface area contributed by atoms with Gasteiger partial charge < -0.3 is 16.0 Å². The van der Waals surface area contributed by atoms with Crippen LogP contribution >= 0.6 is 12.2 Å². The fourth-order valence-corrected chi connectivity index (χ4v) is 2.35. The molecule has 0 spiro atoms. The minimum atomic E-state index is -0.414. The molecular weight excluding hydrogens is 324 g/mol. The Morgan fingerprint density at radius 1 is 1.12 bits per heavy atom. The summed E-state index contributed by atoms with van der Waals surface area (Å²) in [6.45, 7) is 5.39. The molecule has 0 aliphatic heterocycles. The van der Waals surface area contributed by atoms with Crippen molar-refractivity contribution in [2.24, 2.45) is 0 Å². The van der Waals surface area contributed by atoms with E-state index in [0.717, 1.165) is 11.4 Å². The summed E-state index contributed by atoms with van der Waals surface area (Å²) < 4.78 is 0. The summed E-state index contributed by atoms with van der Waals surface area (Å²) in [5, 5.41) is 20.7. The molecule has 0 aromatic heterocycles. The standard InChI is InChI=1S/C17H20N4O2S/c1-12-4-3-5-16(13(12)2)20-17(24)19-11-10-18-14-6-8-15(9-7-14)21(22)23/h3-9,18H,10-11H2,1-2H3,(H2,19,20,24). The van der Waals surface area contributed by atoms with Gasteiger partial charge in [-0.05, 0) is 55.4 Å². The van der Waals surface area contributed by atoms with Crippen molar-refractivity contribution in [3.05, 3.63) is 63.7 Å². The van der Waals surface area contributed by atoms with Gasteiger partial charge in [0, 0.05) is 36.6 Å². The van der Waals surface area contributed by atoms with Crippen molar-refractivity contribution in [2.75, 3.05) is 23.7 Å². The molecule has 3 N–H and O–H groups in total. The van der Waals surface area contributed by atoms with Gasteiger partial charge >= 0.3 is 0 Å². The van der Waals surface area contributed by atoms with E-state index in [0.29, 0.717) is 18.2 Å². The summed E-state index contributed by atoms with van der Waals surface area (Å²) in [5.74, 6) is 0. The Bertz CT molecular complexity index is 732. The number of rotatable bonds is 6. The molecule has 0 amide bonds. The molecule has 0 fully saturated rings. The van der Waals surface area contributed by atoms with Gasteiger partial charge in [-0.25, -0.2) is 0 Å². The summed E-state index contributed by atoms with van der Waals surface area (Å²) >= 11 is 5.29. The van der Waals surface area contributed by atoms with Crippen molar-refractivity contribution < 1.29 is 4.92 Å². The van der Waals surface area contributed by atoms with Gasteiger partial charge in [-0.3, -0.25) is 10.1 Å². The molecule has 126 valence electrons. The predicted octanol–water partition coefficient (Wildman–Crippen LogP) is 3.61. The minimum absolute atomic E-state index is 0.0811. The van der Waals surface area contributed by atoms with Crippen LogP contribution in [-0.4, -0.2) is 23.1 Å². The first-order valence-electron chi connectivity index (χ1n) is 7.57. The Morgan fingerprint density at radius 2 is 1.83 bits per heavy atom. The number of hydrogen-bond donors (Lipinski definition) is 3. The van der Waals surface area contributed by atoms with E-state index in [-0.39, 0.29) is 5.69 Å². The van der Waals surface area contributed by atoms with E-state index in [1.807, 2.05) is 12.1 Å². The molecule has 0 saturated heterocycles. The Kier molecular flexibility index (Phi) is 6.08. The molecule has 7 heteroatoms. The molecule has 24 heavy (non-hydrogen) atoms. The van der Waals surface area contributed by atoms with Crippen molar-refractivity contribution in [2.45, 2.75) is 13.8 Å². The number of aryl methyl sites for hydroxylation is 1. The summed E-state index contributed by atoms with van der Waals surface area (Å²) in [6.07, 6.45) is 0. The van der Waals surface area contributed by atoms with Crippen LogP contribution in [-0.2, 0) is 0 Å². The highest BCUT2D eigenvalue weighted by atomic mass is 32.1. The molecule has 0 bridgehead atoms. The average Bonchev–Trinajstić information content (AvgIpc) is 2.56. The van der Waals surface area contributed by atoms with Gasteiger partial charge in [0.15, 0.2) is 5.11 Å². The zero-order valence-corrected chi connectivity index (χ0v) is 14.4. The van der Waals surface area contributed by atoms with E-state index in [4.69, 9.17) is 12.2 Å². The number of nitrogens with zero attached hydrogens (tertiary/aromatic N) is 1. The Labute approximate surface area is 146 Å². The fraction of sp³-hybridized carbons (Fsp3) is 0.235. The van der Waals surface area contributed by atoms with Crippen LogP contribution in [0.2, 0.25) is 0 Å². The lowest BCUT2D eigenvalue weighted by Crippen LogP contribution is -2.32. The van der Waals surface area contributed by atoms with Gasteiger partial charge in [-0.1, -0.05) is 12.1 Å². The normalized spacial score (nSPS) is 10.1. The molecule has 0 atom stereocenters. The first kappa shape index (κ1) is 17.7. The lowest BCUT2D eigenvalue weighted by molar-refractivity contribution is -0.384. The van der Waals surface area contributed by atoms with Gasteiger partial charge in [-0.15, -0.1) is 0 Å². The van der Waals surface area contributed by atoms with E-state index < -0.39 is 4.92 Å². The zero-order valence-electron chi connectivity index (χ0n) is 13.6. The molecule has 2 aromatic rings. The van der Waals surface area contributed by atoms with Gasteiger partial charge in [0.1, 0.15) is 0 Å². The third kappa shape index (κ3) is 4.92. The number of hydrogen-bond acceptors (Lipinski definition) is 4. The smallest absolute Gasteiger partial charge is 0.269 e. The molecule has 6 nitrogen and oxygen atoms in total. The third-order valence-corrected chi connectivity index (χ3v) is 3.92. The molecule has 0 aliphatic carbocycles. The van der Waals surface area contributed by atoms with Gasteiger partial charge in [0.2, 0.25) is 0 Å². The SMILES string of the molecule is Cc1cccc(NC(=S)NCCNc2ccc([N+](=O)[O-])cc2)c1C. The quantitative estimate of drug-likeness (QED) is 0.321. The summed E-state index contributed by atoms with van der Waals surface area (Å²) in [7, 11) is 0. The Morgan fingerprint density at radius 3 is 2.50 bits per heavy atom. The van der Waals surface area contributed by atoms with Crippen LogP contribution in [0, 0.1) is 24.0 Å². The maximum absolute atomic E-state index is 10.6. The largest absolute Gasteiger partial charge is 0.383 e. The minimum Gasteiger partial charge on any atom is -0.383 e. The molecule has 2 rings (SSSR count). The van der Waals surface area contributed by atoms with Crippen molar-refractivity contribution >= 4 is 34.4 Å². The number of anilines is 2.